The first-order valence-electron chi connectivity index (χ1n) is 11.5. The second-order valence-electron chi connectivity index (χ2n) is 8.02. The van der Waals surface area contributed by atoms with E-state index in [9.17, 15) is 0 Å². The predicted molar refractivity (Wildman–Crippen MR) is 132 cm³/mol. The Labute approximate surface area is 195 Å². The van der Waals surface area contributed by atoms with Crippen LogP contribution in [0, 0.1) is 0 Å². The van der Waals surface area contributed by atoms with Crippen molar-refractivity contribution in [3.8, 4) is 17.1 Å². The van der Waals surface area contributed by atoms with Crippen LogP contribution in [0.15, 0.2) is 60.9 Å². The summed E-state index contributed by atoms with van der Waals surface area (Å²) in [4.78, 5) is 15.7. The van der Waals surface area contributed by atoms with Crippen molar-refractivity contribution in [2.75, 3.05) is 37.0 Å². The molecule has 0 aliphatic carbocycles. The van der Waals surface area contributed by atoms with Crippen LogP contribution in [-0.4, -0.2) is 41.8 Å². The number of nitrogens with one attached hydrogen (secondary N) is 1. The van der Waals surface area contributed by atoms with Gasteiger partial charge in [-0.05, 0) is 43.2 Å². The third-order valence-electron chi connectivity index (χ3n) is 5.45. The lowest BCUT2D eigenvalue weighted by Gasteiger charge is -2.23. The van der Waals surface area contributed by atoms with E-state index in [4.69, 9.17) is 14.5 Å². The fourth-order valence-electron chi connectivity index (χ4n) is 3.68. The summed E-state index contributed by atoms with van der Waals surface area (Å²) in [5.41, 5.74) is 4.98. The first-order valence-corrected chi connectivity index (χ1v) is 11.5. The molecule has 0 fully saturated rings. The van der Waals surface area contributed by atoms with Crippen LogP contribution >= 0.6 is 0 Å². The van der Waals surface area contributed by atoms with Gasteiger partial charge >= 0.3 is 0 Å². The molecular weight excluding hydrogens is 414 g/mol. The molecule has 0 spiro atoms. The van der Waals surface area contributed by atoms with Crippen LogP contribution in [0.3, 0.4) is 0 Å². The summed E-state index contributed by atoms with van der Waals surface area (Å²) in [5.74, 6) is 1.12. The van der Waals surface area contributed by atoms with Gasteiger partial charge in [0.15, 0.2) is 0 Å². The van der Waals surface area contributed by atoms with E-state index in [0.29, 0.717) is 31.6 Å². The molecule has 1 aliphatic rings. The highest BCUT2D eigenvalue weighted by Crippen LogP contribution is 2.27. The number of nitrogens with zero attached hydrogens (tertiary/aromatic N) is 4. The van der Waals surface area contributed by atoms with Gasteiger partial charge in [-0.2, -0.15) is 0 Å². The first kappa shape index (κ1) is 22.7. The van der Waals surface area contributed by atoms with Gasteiger partial charge in [-0.15, -0.1) is 0 Å². The molecule has 2 aromatic heterocycles. The molecule has 0 atom stereocenters. The van der Waals surface area contributed by atoms with Gasteiger partial charge in [-0.25, -0.2) is 15.0 Å². The zero-order valence-corrected chi connectivity index (χ0v) is 19.3. The third-order valence-corrected chi connectivity index (χ3v) is 5.45. The minimum absolute atomic E-state index is 0.525. The van der Waals surface area contributed by atoms with Crippen molar-refractivity contribution in [1.29, 1.82) is 0 Å². The molecule has 1 aromatic carbocycles. The molecule has 7 heteroatoms. The monoisotopic (exact) mass is 445 g/mol. The number of pyridine rings is 1. The fraction of sp³-hybridized carbons (Fsp3) is 0.346. The van der Waals surface area contributed by atoms with Crippen molar-refractivity contribution in [2.45, 2.75) is 32.8 Å². The number of anilines is 3. The quantitative estimate of drug-likeness (QED) is 0.541. The van der Waals surface area contributed by atoms with E-state index in [1.165, 1.54) is 5.69 Å². The van der Waals surface area contributed by atoms with E-state index < -0.39 is 0 Å². The molecule has 0 saturated heterocycles. The second kappa shape index (κ2) is 11.4. The van der Waals surface area contributed by atoms with Crippen LogP contribution in [0.4, 0.5) is 17.3 Å². The summed E-state index contributed by atoms with van der Waals surface area (Å²) in [6.45, 7) is 4.85. The molecule has 3 heterocycles. The Hall–Kier alpha value is -3.45. The SMILES string of the molecule is CCCCN(C)c1ccc2cc1COC/C=C/CCOc1cc(ccn1)-c1ccnc(n1)N2. The summed E-state index contributed by atoms with van der Waals surface area (Å²) in [7, 11) is 2.13. The Bertz CT molecular complexity index is 1090. The number of hydrogen-bond acceptors (Lipinski definition) is 7. The van der Waals surface area contributed by atoms with E-state index in [1.54, 1.807) is 12.4 Å². The smallest absolute Gasteiger partial charge is 0.227 e. The van der Waals surface area contributed by atoms with E-state index in [0.717, 1.165) is 48.3 Å². The molecule has 1 N–H and O–H groups in total. The molecule has 0 saturated carbocycles. The molecule has 33 heavy (non-hydrogen) atoms. The number of fused-ring (bicyclic) bond motifs is 7. The molecule has 3 aromatic rings. The molecule has 1 aliphatic heterocycles. The van der Waals surface area contributed by atoms with Gasteiger partial charge in [0.05, 0.1) is 25.5 Å². The highest BCUT2D eigenvalue weighted by Gasteiger charge is 2.11. The van der Waals surface area contributed by atoms with Crippen molar-refractivity contribution in [2.24, 2.45) is 0 Å². The number of benzene rings is 1. The molecule has 0 radical (unpaired) electrons. The van der Waals surface area contributed by atoms with Crippen LogP contribution in [0.2, 0.25) is 0 Å². The maximum absolute atomic E-state index is 5.97. The number of unbranched alkanes of at least 4 members (excludes halogenated alkanes) is 1. The summed E-state index contributed by atoms with van der Waals surface area (Å²) in [6, 6.07) is 12.0. The Balaban J connectivity index is 1.65. The molecule has 7 nitrogen and oxygen atoms in total. The van der Waals surface area contributed by atoms with Crippen LogP contribution in [0.25, 0.3) is 11.3 Å². The van der Waals surface area contributed by atoms with E-state index in [2.05, 4.69) is 58.4 Å². The number of hydrogen-bond donors (Lipinski definition) is 1. The summed E-state index contributed by atoms with van der Waals surface area (Å²) >= 11 is 0. The van der Waals surface area contributed by atoms with Crippen molar-refractivity contribution in [3.05, 3.63) is 66.5 Å². The lowest BCUT2D eigenvalue weighted by Crippen LogP contribution is -2.20. The summed E-state index contributed by atoms with van der Waals surface area (Å²) in [5, 5.41) is 3.35. The predicted octanol–water partition coefficient (Wildman–Crippen LogP) is 5.37. The van der Waals surface area contributed by atoms with Crippen LogP contribution in [0.1, 0.15) is 31.7 Å². The number of ether oxygens (including phenoxy) is 2. The van der Waals surface area contributed by atoms with Crippen molar-refractivity contribution >= 4 is 17.3 Å². The lowest BCUT2D eigenvalue weighted by molar-refractivity contribution is 0.148. The fourth-order valence-corrected chi connectivity index (χ4v) is 3.68. The zero-order valence-electron chi connectivity index (χ0n) is 19.3. The van der Waals surface area contributed by atoms with Crippen LogP contribution in [-0.2, 0) is 11.3 Å². The Morgan fingerprint density at radius 2 is 1.97 bits per heavy atom. The number of aromatic nitrogens is 3. The zero-order chi connectivity index (χ0) is 22.9. The standard InChI is InChI=1S/C26H31N5O2/c1-3-4-14-31(2)24-9-8-22-17-21(24)19-32-15-6-5-7-16-33-25-18-20(10-12-27-25)23-11-13-28-26(29-22)30-23/h5-6,8-13,17-18H,3-4,7,14-16,19H2,1-2H3,(H,28,29,30)/b6-5+. The molecular formula is C26H31N5O2. The highest BCUT2D eigenvalue weighted by molar-refractivity contribution is 5.65. The number of rotatable bonds is 4. The molecule has 0 amide bonds. The van der Waals surface area contributed by atoms with Crippen LogP contribution < -0.4 is 15.0 Å². The van der Waals surface area contributed by atoms with Gasteiger partial charge in [0, 0.05) is 54.6 Å². The van der Waals surface area contributed by atoms with Gasteiger partial charge in [-0.1, -0.05) is 25.5 Å². The third kappa shape index (κ3) is 6.29. The Morgan fingerprint density at radius 1 is 1.06 bits per heavy atom. The van der Waals surface area contributed by atoms with Crippen molar-refractivity contribution < 1.29 is 9.47 Å². The van der Waals surface area contributed by atoms with Crippen molar-refractivity contribution in [3.63, 3.8) is 0 Å². The molecule has 6 bridgehead atoms. The van der Waals surface area contributed by atoms with Gasteiger partial charge < -0.3 is 19.7 Å². The minimum atomic E-state index is 0.525. The average Bonchev–Trinajstić information content (AvgIpc) is 2.84. The topological polar surface area (TPSA) is 72.4 Å². The summed E-state index contributed by atoms with van der Waals surface area (Å²) in [6.07, 6.45) is 10.7. The first-order chi connectivity index (χ1) is 16.2. The van der Waals surface area contributed by atoms with Gasteiger partial charge in [-0.3, -0.25) is 0 Å². The highest BCUT2D eigenvalue weighted by atomic mass is 16.5. The summed E-state index contributed by atoms with van der Waals surface area (Å²) < 4.78 is 11.8. The largest absolute Gasteiger partial charge is 0.477 e. The maximum atomic E-state index is 5.97. The Kier molecular flexibility index (Phi) is 7.87. The second-order valence-corrected chi connectivity index (χ2v) is 8.02. The van der Waals surface area contributed by atoms with E-state index in [-0.39, 0.29) is 0 Å². The Morgan fingerprint density at radius 3 is 2.88 bits per heavy atom. The van der Waals surface area contributed by atoms with Crippen LogP contribution in [0.5, 0.6) is 5.88 Å². The molecule has 0 unspecified atom stereocenters. The van der Waals surface area contributed by atoms with E-state index >= 15 is 0 Å². The van der Waals surface area contributed by atoms with Gasteiger partial charge in [0.25, 0.3) is 0 Å². The van der Waals surface area contributed by atoms with Gasteiger partial charge in [0.1, 0.15) is 0 Å². The van der Waals surface area contributed by atoms with E-state index in [1.807, 2.05) is 24.3 Å². The molecule has 4 rings (SSSR count). The molecule has 172 valence electrons. The van der Waals surface area contributed by atoms with Crippen molar-refractivity contribution in [1.82, 2.24) is 15.0 Å². The van der Waals surface area contributed by atoms with Gasteiger partial charge in [0.2, 0.25) is 11.8 Å². The minimum Gasteiger partial charge on any atom is -0.477 e. The lowest BCUT2D eigenvalue weighted by atomic mass is 10.1. The maximum Gasteiger partial charge on any atom is 0.227 e. The normalized spacial score (nSPS) is 14.8. The average molecular weight is 446 g/mol.